The van der Waals surface area contributed by atoms with E-state index in [4.69, 9.17) is 0 Å². The van der Waals surface area contributed by atoms with E-state index < -0.39 is 0 Å². The number of halogens is 2. The molecule has 1 N–H and O–H groups in total. The number of nitrogens with one attached hydrogen (secondary N) is 1. The number of rotatable bonds is 2. The van der Waals surface area contributed by atoms with Gasteiger partial charge in [0, 0.05) is 42.3 Å². The molecule has 1 aliphatic heterocycles. The predicted octanol–water partition coefficient (Wildman–Crippen LogP) is 3.58. The van der Waals surface area contributed by atoms with Gasteiger partial charge in [0.05, 0.1) is 0 Å². The van der Waals surface area contributed by atoms with Crippen LogP contribution in [0.5, 0.6) is 0 Å². The number of nitrogens with zero attached hydrogens (tertiary/aromatic N) is 1. The van der Waals surface area contributed by atoms with Crippen molar-refractivity contribution in [1.82, 2.24) is 10.2 Å². The summed E-state index contributed by atoms with van der Waals surface area (Å²) in [4.78, 5) is 2.39. The van der Waals surface area contributed by atoms with Gasteiger partial charge in [0.25, 0.3) is 0 Å². The molecule has 0 saturated carbocycles. The van der Waals surface area contributed by atoms with E-state index in [0.717, 1.165) is 36.2 Å². The summed E-state index contributed by atoms with van der Waals surface area (Å²) < 4.78 is 15.2. The van der Waals surface area contributed by atoms with Crippen LogP contribution in [0, 0.1) is 11.2 Å². The maximum atomic E-state index is 14.2. The summed E-state index contributed by atoms with van der Waals surface area (Å²) in [5.74, 6) is -0.110. The molecule has 19 heavy (non-hydrogen) atoms. The number of benzene rings is 1. The van der Waals surface area contributed by atoms with E-state index >= 15 is 0 Å². The third kappa shape index (κ3) is 3.56. The maximum Gasteiger partial charge on any atom is 0.128 e. The van der Waals surface area contributed by atoms with Gasteiger partial charge < -0.3 is 5.32 Å². The van der Waals surface area contributed by atoms with E-state index in [2.05, 4.69) is 46.9 Å². The van der Waals surface area contributed by atoms with Gasteiger partial charge in [0.1, 0.15) is 5.82 Å². The van der Waals surface area contributed by atoms with E-state index in [1.54, 1.807) is 12.1 Å². The maximum absolute atomic E-state index is 14.2. The molecule has 0 amide bonds. The third-order valence-corrected chi connectivity index (χ3v) is 4.08. The minimum atomic E-state index is -0.110. The van der Waals surface area contributed by atoms with Gasteiger partial charge >= 0.3 is 0 Å². The standard InChI is InChI=1S/C15H22BrFN2/c1-15(2,3)14(19-8-6-18-7-9-19)12-10-11(16)4-5-13(12)17/h4-5,10,14,18H,6-9H2,1-3H3/t14-/m0/s1. The average molecular weight is 329 g/mol. The van der Waals surface area contributed by atoms with Crippen LogP contribution in [0.2, 0.25) is 0 Å². The Labute approximate surface area is 123 Å². The smallest absolute Gasteiger partial charge is 0.128 e. The molecular weight excluding hydrogens is 307 g/mol. The monoisotopic (exact) mass is 328 g/mol. The van der Waals surface area contributed by atoms with Crippen molar-refractivity contribution in [1.29, 1.82) is 0 Å². The van der Waals surface area contributed by atoms with Crippen molar-refractivity contribution in [3.05, 3.63) is 34.1 Å². The minimum absolute atomic E-state index is 0.00102. The molecule has 0 unspecified atom stereocenters. The predicted molar refractivity (Wildman–Crippen MR) is 80.7 cm³/mol. The molecule has 2 nitrogen and oxygen atoms in total. The van der Waals surface area contributed by atoms with Crippen LogP contribution in [0.3, 0.4) is 0 Å². The van der Waals surface area contributed by atoms with Crippen LogP contribution >= 0.6 is 15.9 Å². The molecule has 0 aliphatic carbocycles. The molecule has 1 saturated heterocycles. The van der Waals surface area contributed by atoms with Crippen molar-refractivity contribution in [3.63, 3.8) is 0 Å². The summed E-state index contributed by atoms with van der Waals surface area (Å²) in [5.41, 5.74) is 0.794. The summed E-state index contributed by atoms with van der Waals surface area (Å²) in [6, 6.07) is 5.34. The topological polar surface area (TPSA) is 15.3 Å². The Kier molecular flexibility index (Phi) is 4.64. The Balaban J connectivity index is 2.39. The second kappa shape index (κ2) is 5.90. The Hall–Kier alpha value is -0.450. The SMILES string of the molecule is CC(C)(C)[C@H](c1cc(Br)ccc1F)N1CCNCC1. The van der Waals surface area contributed by atoms with Crippen LogP contribution in [0.1, 0.15) is 32.4 Å². The molecule has 1 atom stereocenters. The molecule has 1 fully saturated rings. The lowest BCUT2D eigenvalue weighted by Gasteiger charge is -2.42. The van der Waals surface area contributed by atoms with Gasteiger partial charge in [-0.2, -0.15) is 0 Å². The number of hydrogen-bond donors (Lipinski definition) is 1. The zero-order valence-corrected chi connectivity index (χ0v) is 13.4. The second-order valence-corrected chi connectivity index (χ2v) is 7.14. The highest BCUT2D eigenvalue weighted by atomic mass is 79.9. The van der Waals surface area contributed by atoms with E-state index in [-0.39, 0.29) is 17.3 Å². The third-order valence-electron chi connectivity index (χ3n) is 3.59. The van der Waals surface area contributed by atoms with E-state index in [0.29, 0.717) is 0 Å². The van der Waals surface area contributed by atoms with Crippen molar-refractivity contribution >= 4 is 15.9 Å². The second-order valence-electron chi connectivity index (χ2n) is 6.22. The fraction of sp³-hybridized carbons (Fsp3) is 0.600. The zero-order valence-electron chi connectivity index (χ0n) is 11.8. The highest BCUT2D eigenvalue weighted by Gasteiger charge is 2.34. The average Bonchev–Trinajstić information content (AvgIpc) is 2.33. The van der Waals surface area contributed by atoms with Gasteiger partial charge in [-0.1, -0.05) is 36.7 Å². The van der Waals surface area contributed by atoms with Crippen molar-refractivity contribution in [2.75, 3.05) is 26.2 Å². The molecule has 1 aliphatic rings. The largest absolute Gasteiger partial charge is 0.314 e. The van der Waals surface area contributed by atoms with Gasteiger partial charge in [0.15, 0.2) is 0 Å². The normalized spacial score (nSPS) is 19.4. The molecule has 0 aromatic heterocycles. The summed E-state index contributed by atoms with van der Waals surface area (Å²) in [5, 5.41) is 3.35. The van der Waals surface area contributed by atoms with Crippen LogP contribution < -0.4 is 5.32 Å². The van der Waals surface area contributed by atoms with Crippen LogP contribution in [-0.2, 0) is 0 Å². The van der Waals surface area contributed by atoms with Crippen molar-refractivity contribution in [3.8, 4) is 0 Å². The van der Waals surface area contributed by atoms with Gasteiger partial charge in [-0.3, -0.25) is 4.90 Å². The fourth-order valence-electron chi connectivity index (χ4n) is 2.88. The van der Waals surface area contributed by atoms with Gasteiger partial charge in [-0.25, -0.2) is 4.39 Å². The Bertz CT molecular complexity index is 436. The zero-order chi connectivity index (χ0) is 14.0. The van der Waals surface area contributed by atoms with E-state index in [9.17, 15) is 4.39 Å². The van der Waals surface area contributed by atoms with Crippen LogP contribution in [0.25, 0.3) is 0 Å². The Morgan fingerprint density at radius 1 is 1.26 bits per heavy atom. The van der Waals surface area contributed by atoms with Crippen molar-refractivity contribution in [2.45, 2.75) is 26.8 Å². The first-order valence-corrected chi connectivity index (χ1v) is 7.58. The highest BCUT2D eigenvalue weighted by Crippen LogP contribution is 2.39. The Morgan fingerprint density at radius 2 is 1.89 bits per heavy atom. The molecule has 1 aromatic carbocycles. The lowest BCUT2D eigenvalue weighted by molar-refractivity contribution is 0.0834. The summed E-state index contributed by atoms with van der Waals surface area (Å²) in [6.45, 7) is 10.4. The lowest BCUT2D eigenvalue weighted by Crippen LogP contribution is -2.48. The highest BCUT2D eigenvalue weighted by molar-refractivity contribution is 9.10. The Morgan fingerprint density at radius 3 is 2.47 bits per heavy atom. The first-order valence-electron chi connectivity index (χ1n) is 6.79. The summed E-state index contributed by atoms with van der Waals surface area (Å²) in [7, 11) is 0. The first-order chi connectivity index (χ1) is 8.89. The lowest BCUT2D eigenvalue weighted by atomic mass is 9.80. The van der Waals surface area contributed by atoms with Gasteiger partial charge in [0.2, 0.25) is 0 Å². The van der Waals surface area contributed by atoms with Gasteiger partial charge in [-0.15, -0.1) is 0 Å². The molecular formula is C15H22BrFN2. The molecule has 1 heterocycles. The molecule has 2 rings (SSSR count). The summed E-state index contributed by atoms with van der Waals surface area (Å²) in [6.07, 6.45) is 0. The molecule has 0 bridgehead atoms. The molecule has 0 spiro atoms. The van der Waals surface area contributed by atoms with Crippen LogP contribution in [0.4, 0.5) is 4.39 Å². The van der Waals surface area contributed by atoms with E-state index in [1.807, 2.05) is 6.07 Å². The number of piperazine rings is 1. The molecule has 1 aromatic rings. The molecule has 4 heteroatoms. The van der Waals surface area contributed by atoms with Crippen molar-refractivity contribution in [2.24, 2.45) is 5.41 Å². The number of hydrogen-bond acceptors (Lipinski definition) is 2. The van der Waals surface area contributed by atoms with E-state index in [1.165, 1.54) is 0 Å². The van der Waals surface area contributed by atoms with Crippen molar-refractivity contribution < 1.29 is 4.39 Å². The fourth-order valence-corrected chi connectivity index (χ4v) is 3.25. The first kappa shape index (κ1) is 14.9. The molecule has 106 valence electrons. The minimum Gasteiger partial charge on any atom is -0.314 e. The summed E-state index contributed by atoms with van der Waals surface area (Å²) >= 11 is 3.46. The van der Waals surface area contributed by atoms with Crippen LogP contribution in [-0.4, -0.2) is 31.1 Å². The molecule has 0 radical (unpaired) electrons. The van der Waals surface area contributed by atoms with Gasteiger partial charge in [-0.05, 0) is 23.6 Å². The quantitative estimate of drug-likeness (QED) is 0.892. The van der Waals surface area contributed by atoms with Crippen LogP contribution in [0.15, 0.2) is 22.7 Å².